The number of sulfonamides is 1. The second-order valence-electron chi connectivity index (χ2n) is 8.86. The van der Waals surface area contributed by atoms with Gasteiger partial charge in [0, 0.05) is 51.5 Å². The van der Waals surface area contributed by atoms with Crippen LogP contribution in [0.5, 0.6) is 11.5 Å². The number of benzene rings is 3. The van der Waals surface area contributed by atoms with Gasteiger partial charge in [0.2, 0.25) is 10.0 Å². The summed E-state index contributed by atoms with van der Waals surface area (Å²) in [7, 11) is 3.12. The van der Waals surface area contributed by atoms with Gasteiger partial charge < -0.3 is 14.4 Å². The molecule has 0 aromatic heterocycles. The van der Waals surface area contributed by atoms with Gasteiger partial charge in [-0.25, -0.2) is 13.1 Å². The summed E-state index contributed by atoms with van der Waals surface area (Å²) in [6, 6.07) is 21.4. The molecular weight excluding hydrogens is 462 g/mol. The molecule has 35 heavy (non-hydrogen) atoms. The Balaban J connectivity index is 1.63. The number of anilines is 1. The Kier molecular flexibility index (Phi) is 7.64. The van der Waals surface area contributed by atoms with Gasteiger partial charge in [-0.15, -0.1) is 0 Å². The molecule has 8 heteroatoms. The van der Waals surface area contributed by atoms with E-state index in [1.165, 1.54) is 31.4 Å². The first-order valence-corrected chi connectivity index (χ1v) is 13.1. The molecule has 186 valence electrons. The van der Waals surface area contributed by atoms with Gasteiger partial charge >= 0.3 is 0 Å². The van der Waals surface area contributed by atoms with Crippen LogP contribution in [0.2, 0.25) is 0 Å². The number of fused-ring (bicyclic) bond motifs is 1. The average molecular weight is 496 g/mol. The standard InChI is InChI=1S/C27H33N3O4S/c1-29(2)23-11-9-21(10-12-23)25(30-16-15-20-7-5-6-8-22(20)19-30)18-28-35(31,32)27-17-24(33-3)13-14-26(27)34-4/h5-14,17,25,28H,15-16,18-19H2,1-4H3/t25-/m0/s1. The van der Waals surface area contributed by atoms with E-state index in [9.17, 15) is 8.42 Å². The van der Waals surface area contributed by atoms with Gasteiger partial charge in [0.05, 0.1) is 14.2 Å². The molecule has 1 heterocycles. The van der Waals surface area contributed by atoms with Crippen molar-refractivity contribution < 1.29 is 17.9 Å². The number of hydrogen-bond donors (Lipinski definition) is 1. The Hall–Kier alpha value is -3.07. The summed E-state index contributed by atoms with van der Waals surface area (Å²) in [4.78, 5) is 4.46. The molecule has 4 rings (SSSR count). The first-order chi connectivity index (χ1) is 16.8. The lowest BCUT2D eigenvalue weighted by Gasteiger charge is -2.36. The largest absolute Gasteiger partial charge is 0.497 e. The molecule has 0 fully saturated rings. The maximum atomic E-state index is 13.4. The average Bonchev–Trinajstić information content (AvgIpc) is 2.88. The van der Waals surface area contributed by atoms with Crippen molar-refractivity contribution in [1.82, 2.24) is 9.62 Å². The van der Waals surface area contributed by atoms with Gasteiger partial charge in [0.15, 0.2) is 0 Å². The van der Waals surface area contributed by atoms with Crippen molar-refractivity contribution in [1.29, 1.82) is 0 Å². The van der Waals surface area contributed by atoms with Crippen LogP contribution in [0.1, 0.15) is 22.7 Å². The van der Waals surface area contributed by atoms with Crippen LogP contribution in [0.4, 0.5) is 5.69 Å². The molecule has 7 nitrogen and oxygen atoms in total. The van der Waals surface area contributed by atoms with Gasteiger partial charge in [0.25, 0.3) is 0 Å². The molecule has 0 saturated carbocycles. The van der Waals surface area contributed by atoms with E-state index >= 15 is 0 Å². The Morgan fingerprint density at radius 2 is 1.69 bits per heavy atom. The summed E-state index contributed by atoms with van der Waals surface area (Å²) in [6.45, 7) is 1.84. The van der Waals surface area contributed by atoms with Crippen LogP contribution in [-0.4, -0.2) is 54.7 Å². The topological polar surface area (TPSA) is 71.1 Å². The monoisotopic (exact) mass is 495 g/mol. The predicted octanol–water partition coefficient (Wildman–Crippen LogP) is 3.85. The van der Waals surface area contributed by atoms with E-state index < -0.39 is 10.0 Å². The summed E-state index contributed by atoms with van der Waals surface area (Å²) in [5.74, 6) is 0.728. The highest BCUT2D eigenvalue weighted by molar-refractivity contribution is 7.89. The Morgan fingerprint density at radius 3 is 2.34 bits per heavy atom. The molecule has 1 N–H and O–H groups in total. The van der Waals surface area contributed by atoms with Crippen molar-refractivity contribution in [3.63, 3.8) is 0 Å². The number of methoxy groups -OCH3 is 2. The van der Waals surface area contributed by atoms with Gasteiger partial charge in [0.1, 0.15) is 16.4 Å². The Morgan fingerprint density at radius 1 is 0.971 bits per heavy atom. The van der Waals surface area contributed by atoms with Crippen LogP contribution in [0.15, 0.2) is 71.6 Å². The van der Waals surface area contributed by atoms with Crippen LogP contribution in [0.3, 0.4) is 0 Å². The molecular formula is C27H33N3O4S. The van der Waals surface area contributed by atoms with Crippen LogP contribution in [0.25, 0.3) is 0 Å². The normalized spacial score (nSPS) is 14.7. The van der Waals surface area contributed by atoms with E-state index in [1.54, 1.807) is 12.1 Å². The van der Waals surface area contributed by atoms with Gasteiger partial charge in [-0.3, -0.25) is 4.90 Å². The van der Waals surface area contributed by atoms with Gasteiger partial charge in [-0.05, 0) is 47.4 Å². The molecule has 0 saturated heterocycles. The zero-order valence-electron chi connectivity index (χ0n) is 20.7. The van der Waals surface area contributed by atoms with E-state index in [0.29, 0.717) is 5.75 Å². The number of hydrogen-bond acceptors (Lipinski definition) is 6. The van der Waals surface area contributed by atoms with E-state index in [-0.39, 0.29) is 23.2 Å². The van der Waals surface area contributed by atoms with E-state index in [4.69, 9.17) is 9.47 Å². The summed E-state index contributed by atoms with van der Waals surface area (Å²) < 4.78 is 40.1. The molecule has 0 aliphatic carbocycles. The highest BCUT2D eigenvalue weighted by atomic mass is 32.2. The van der Waals surface area contributed by atoms with Gasteiger partial charge in [-0.1, -0.05) is 36.4 Å². The van der Waals surface area contributed by atoms with Crippen molar-refractivity contribution in [3.8, 4) is 11.5 Å². The zero-order valence-corrected chi connectivity index (χ0v) is 21.5. The lowest BCUT2D eigenvalue weighted by Crippen LogP contribution is -2.40. The highest BCUT2D eigenvalue weighted by Crippen LogP contribution is 2.31. The van der Waals surface area contributed by atoms with Crippen molar-refractivity contribution in [2.75, 3.05) is 46.3 Å². The predicted molar refractivity (Wildman–Crippen MR) is 139 cm³/mol. The van der Waals surface area contributed by atoms with Crippen molar-refractivity contribution >= 4 is 15.7 Å². The number of ether oxygens (including phenoxy) is 2. The van der Waals surface area contributed by atoms with E-state index in [0.717, 1.165) is 30.8 Å². The summed E-state index contributed by atoms with van der Waals surface area (Å²) in [5, 5.41) is 0. The number of nitrogens with one attached hydrogen (secondary N) is 1. The molecule has 1 aliphatic heterocycles. The third-order valence-corrected chi connectivity index (χ3v) is 7.97. The van der Waals surface area contributed by atoms with Gasteiger partial charge in [-0.2, -0.15) is 0 Å². The maximum Gasteiger partial charge on any atom is 0.244 e. The van der Waals surface area contributed by atoms with Crippen molar-refractivity contribution in [2.24, 2.45) is 0 Å². The lowest BCUT2D eigenvalue weighted by molar-refractivity contribution is 0.180. The van der Waals surface area contributed by atoms with Crippen LogP contribution in [-0.2, 0) is 23.0 Å². The quantitative estimate of drug-likeness (QED) is 0.486. The fourth-order valence-corrected chi connectivity index (χ4v) is 5.72. The maximum absolute atomic E-state index is 13.4. The second kappa shape index (κ2) is 10.7. The lowest BCUT2D eigenvalue weighted by atomic mass is 9.96. The molecule has 0 spiro atoms. The molecule has 1 aliphatic rings. The van der Waals surface area contributed by atoms with E-state index in [2.05, 4.69) is 58.2 Å². The summed E-state index contributed by atoms with van der Waals surface area (Å²) in [5.41, 5.74) is 4.80. The SMILES string of the molecule is COc1ccc(OC)c(S(=O)(=O)NC[C@@H](c2ccc(N(C)C)cc2)N2CCc3ccccc3C2)c1. The number of rotatable bonds is 9. The number of nitrogens with zero attached hydrogens (tertiary/aromatic N) is 2. The first kappa shape index (κ1) is 25.0. The third-order valence-electron chi connectivity index (χ3n) is 6.52. The third kappa shape index (κ3) is 5.61. The Labute approximate surface area is 208 Å². The minimum absolute atomic E-state index is 0.0602. The minimum atomic E-state index is -3.85. The van der Waals surface area contributed by atoms with Crippen molar-refractivity contribution in [3.05, 3.63) is 83.4 Å². The van der Waals surface area contributed by atoms with Crippen molar-refractivity contribution in [2.45, 2.75) is 23.9 Å². The molecule has 0 unspecified atom stereocenters. The second-order valence-corrected chi connectivity index (χ2v) is 10.6. The smallest absolute Gasteiger partial charge is 0.244 e. The molecule has 0 amide bonds. The fraction of sp³-hybridized carbons (Fsp3) is 0.333. The van der Waals surface area contributed by atoms with Crippen LogP contribution >= 0.6 is 0 Å². The van der Waals surface area contributed by atoms with E-state index in [1.807, 2.05) is 19.0 Å². The molecule has 1 atom stereocenters. The molecule has 0 radical (unpaired) electrons. The molecule has 3 aromatic rings. The minimum Gasteiger partial charge on any atom is -0.497 e. The summed E-state index contributed by atoms with van der Waals surface area (Å²) in [6.07, 6.45) is 0.929. The van der Waals surface area contributed by atoms with Crippen LogP contribution < -0.4 is 19.1 Å². The first-order valence-electron chi connectivity index (χ1n) is 11.6. The fourth-order valence-electron chi connectivity index (χ4n) is 4.50. The molecule has 3 aromatic carbocycles. The zero-order chi connectivity index (χ0) is 25.0. The highest BCUT2D eigenvalue weighted by Gasteiger charge is 2.28. The Bertz CT molecular complexity index is 1260. The van der Waals surface area contributed by atoms with Crippen LogP contribution in [0, 0.1) is 0 Å². The summed E-state index contributed by atoms with van der Waals surface area (Å²) >= 11 is 0. The molecule has 0 bridgehead atoms.